The maximum Gasteiger partial charge on any atom is 0.296 e. The van der Waals surface area contributed by atoms with Crippen molar-refractivity contribution in [3.05, 3.63) is 86.4 Å². The van der Waals surface area contributed by atoms with Crippen LogP contribution in [-0.4, -0.2) is 27.0 Å². The lowest BCUT2D eigenvalue weighted by molar-refractivity contribution is -0.117. The highest BCUT2D eigenvalue weighted by molar-refractivity contribution is 7.13. The van der Waals surface area contributed by atoms with Gasteiger partial charge in [-0.25, -0.2) is 0 Å². The lowest BCUT2D eigenvalue weighted by atomic mass is 10.0. The molecule has 1 aliphatic heterocycles. The van der Waals surface area contributed by atoms with Gasteiger partial charge in [-0.1, -0.05) is 41.1 Å². The molecule has 31 heavy (non-hydrogen) atoms. The number of aromatic nitrogens is 2. The molecule has 5 rings (SSSR count). The molecule has 0 fully saturated rings. The quantitative estimate of drug-likeness (QED) is 0.398. The first-order chi connectivity index (χ1) is 15.0. The predicted octanol–water partition coefficient (Wildman–Crippen LogP) is 5.30. The van der Waals surface area contributed by atoms with Crippen LogP contribution in [0.25, 0.3) is 11.3 Å². The average molecular weight is 470 g/mol. The van der Waals surface area contributed by atoms with Gasteiger partial charge in [0.15, 0.2) is 5.76 Å². The van der Waals surface area contributed by atoms with E-state index in [0.717, 1.165) is 16.9 Å². The molecule has 0 aliphatic carbocycles. The normalized spacial score (nSPS) is 16.4. The number of hydrogen-bond acceptors (Lipinski definition) is 8. The first-order valence-electron chi connectivity index (χ1n) is 9.01. The van der Waals surface area contributed by atoms with Gasteiger partial charge in [-0.15, -0.1) is 21.5 Å². The standard InChI is InChI=1S/C21H12ClN3O4S2/c22-12-4-1-3-11(9-12)13-6-7-14(29-13)17-16(18(26)15-5-2-8-30-15)19(27)20(28)25(17)21-24-23-10-31-21/h1-10,17,27H/t17-/m0/s1. The number of furan rings is 1. The van der Waals surface area contributed by atoms with Gasteiger partial charge in [-0.3, -0.25) is 14.5 Å². The van der Waals surface area contributed by atoms with Gasteiger partial charge in [-0.05, 0) is 35.7 Å². The summed E-state index contributed by atoms with van der Waals surface area (Å²) in [5.74, 6) is -0.987. The van der Waals surface area contributed by atoms with Gasteiger partial charge >= 0.3 is 0 Å². The molecule has 0 bridgehead atoms. The van der Waals surface area contributed by atoms with Crippen molar-refractivity contribution in [1.82, 2.24) is 10.2 Å². The Morgan fingerprint density at radius 2 is 2.03 bits per heavy atom. The summed E-state index contributed by atoms with van der Waals surface area (Å²) in [5.41, 5.74) is 2.15. The molecule has 4 heterocycles. The van der Waals surface area contributed by atoms with Crippen LogP contribution in [0.1, 0.15) is 21.5 Å². The van der Waals surface area contributed by atoms with Gasteiger partial charge in [0, 0.05) is 10.6 Å². The number of carbonyl (C=O) groups excluding carboxylic acids is 2. The summed E-state index contributed by atoms with van der Waals surface area (Å²) in [6.07, 6.45) is 0. The lowest BCUT2D eigenvalue weighted by Gasteiger charge is -2.21. The summed E-state index contributed by atoms with van der Waals surface area (Å²) in [6.45, 7) is 0. The first kappa shape index (κ1) is 19.7. The van der Waals surface area contributed by atoms with Crippen molar-refractivity contribution in [2.24, 2.45) is 0 Å². The summed E-state index contributed by atoms with van der Waals surface area (Å²) in [5, 5.41) is 20.9. The molecule has 1 amide bonds. The Morgan fingerprint density at radius 3 is 2.74 bits per heavy atom. The fraction of sp³-hybridized carbons (Fsp3) is 0.0476. The molecule has 154 valence electrons. The first-order valence-corrected chi connectivity index (χ1v) is 11.1. The second-order valence-electron chi connectivity index (χ2n) is 6.58. The molecule has 1 atom stereocenters. The maximum atomic E-state index is 13.2. The van der Waals surface area contributed by atoms with E-state index >= 15 is 0 Å². The fourth-order valence-electron chi connectivity index (χ4n) is 3.41. The third-order valence-electron chi connectivity index (χ3n) is 4.76. The summed E-state index contributed by atoms with van der Waals surface area (Å²) in [4.78, 5) is 27.8. The van der Waals surface area contributed by atoms with Crippen LogP contribution < -0.4 is 4.90 Å². The zero-order valence-electron chi connectivity index (χ0n) is 15.6. The number of carbonyl (C=O) groups is 2. The van der Waals surface area contributed by atoms with E-state index in [0.29, 0.717) is 21.4 Å². The summed E-state index contributed by atoms with van der Waals surface area (Å²) in [7, 11) is 0. The van der Waals surface area contributed by atoms with E-state index in [9.17, 15) is 14.7 Å². The SMILES string of the molecule is O=C(C1=C(O)C(=O)N(c2nncs2)[C@H]1c1ccc(-c2cccc(Cl)c2)o1)c1cccs1. The van der Waals surface area contributed by atoms with Crippen molar-refractivity contribution in [3.63, 3.8) is 0 Å². The van der Waals surface area contributed by atoms with Crippen LogP contribution in [0, 0.1) is 0 Å². The fourth-order valence-corrected chi connectivity index (χ4v) is 4.87. The Morgan fingerprint density at radius 1 is 1.16 bits per heavy atom. The second kappa shape index (κ2) is 7.77. The molecule has 0 radical (unpaired) electrons. The molecular weight excluding hydrogens is 458 g/mol. The van der Waals surface area contributed by atoms with Crippen LogP contribution in [-0.2, 0) is 4.79 Å². The van der Waals surface area contributed by atoms with Gasteiger partial charge in [-0.2, -0.15) is 0 Å². The zero-order valence-corrected chi connectivity index (χ0v) is 17.9. The van der Waals surface area contributed by atoms with Gasteiger partial charge in [0.1, 0.15) is 23.1 Å². The molecule has 7 nitrogen and oxygen atoms in total. The average Bonchev–Trinajstić information content (AvgIpc) is 3.56. The van der Waals surface area contributed by atoms with Crippen molar-refractivity contribution in [2.75, 3.05) is 4.90 Å². The van der Waals surface area contributed by atoms with E-state index in [2.05, 4.69) is 10.2 Å². The van der Waals surface area contributed by atoms with Gasteiger partial charge in [0.2, 0.25) is 10.9 Å². The molecule has 0 spiro atoms. The summed E-state index contributed by atoms with van der Waals surface area (Å²) < 4.78 is 6.04. The molecule has 10 heteroatoms. The van der Waals surface area contributed by atoms with Crippen molar-refractivity contribution in [1.29, 1.82) is 0 Å². The van der Waals surface area contributed by atoms with E-state index in [4.69, 9.17) is 16.0 Å². The van der Waals surface area contributed by atoms with Crippen LogP contribution >= 0.6 is 34.3 Å². The molecule has 4 aromatic rings. The highest BCUT2D eigenvalue weighted by Crippen LogP contribution is 2.44. The van der Waals surface area contributed by atoms with Crippen molar-refractivity contribution in [3.8, 4) is 11.3 Å². The minimum absolute atomic E-state index is 0.0605. The molecular formula is C21H12ClN3O4S2. The van der Waals surface area contributed by atoms with Crippen molar-refractivity contribution in [2.45, 2.75) is 6.04 Å². The van der Waals surface area contributed by atoms with Crippen LogP contribution in [0.4, 0.5) is 5.13 Å². The number of aliphatic hydroxyl groups is 1. The Labute approximate surface area is 188 Å². The van der Waals surface area contributed by atoms with E-state index in [-0.39, 0.29) is 10.7 Å². The number of benzene rings is 1. The molecule has 3 aromatic heterocycles. The smallest absolute Gasteiger partial charge is 0.296 e. The number of thiophene rings is 1. The molecule has 0 saturated heterocycles. The number of halogens is 1. The van der Waals surface area contributed by atoms with E-state index in [1.54, 1.807) is 47.8 Å². The monoisotopic (exact) mass is 469 g/mol. The Bertz CT molecular complexity index is 1310. The Balaban J connectivity index is 1.63. The summed E-state index contributed by atoms with van der Waals surface area (Å²) >= 11 is 8.43. The Hall–Kier alpha value is -3.27. The molecule has 0 unspecified atom stereocenters. The second-order valence-corrected chi connectivity index (χ2v) is 8.78. The predicted molar refractivity (Wildman–Crippen MR) is 118 cm³/mol. The number of anilines is 1. The maximum absolute atomic E-state index is 13.2. The number of aliphatic hydroxyl groups excluding tert-OH is 1. The van der Waals surface area contributed by atoms with Crippen LogP contribution in [0.5, 0.6) is 0 Å². The molecule has 1 N–H and O–H groups in total. The number of hydrogen-bond donors (Lipinski definition) is 1. The third kappa shape index (κ3) is 3.36. The van der Waals surface area contributed by atoms with Crippen LogP contribution in [0.3, 0.4) is 0 Å². The van der Waals surface area contributed by atoms with Gasteiger partial charge in [0.25, 0.3) is 5.91 Å². The van der Waals surface area contributed by atoms with E-state index in [1.807, 2.05) is 6.07 Å². The van der Waals surface area contributed by atoms with Crippen molar-refractivity contribution >= 4 is 51.1 Å². The number of Topliss-reactive ketones (excluding diaryl/α,β-unsaturated/α-hetero) is 1. The van der Waals surface area contributed by atoms with Gasteiger partial charge in [0.05, 0.1) is 10.5 Å². The molecule has 1 aliphatic rings. The summed E-state index contributed by atoms with van der Waals surface area (Å²) in [6, 6.07) is 12.9. The zero-order chi connectivity index (χ0) is 21.5. The van der Waals surface area contributed by atoms with E-state index < -0.39 is 23.5 Å². The lowest BCUT2D eigenvalue weighted by Crippen LogP contribution is -2.30. The number of ketones is 1. The van der Waals surface area contributed by atoms with Gasteiger partial charge < -0.3 is 9.52 Å². The third-order valence-corrected chi connectivity index (χ3v) is 6.55. The number of nitrogens with zero attached hydrogens (tertiary/aromatic N) is 3. The molecule has 1 aromatic carbocycles. The Kier molecular flexibility index (Phi) is 4.93. The highest BCUT2D eigenvalue weighted by atomic mass is 35.5. The topological polar surface area (TPSA) is 96.5 Å². The molecule has 0 saturated carbocycles. The van der Waals surface area contributed by atoms with Crippen molar-refractivity contribution < 1.29 is 19.1 Å². The minimum Gasteiger partial charge on any atom is -0.503 e. The highest BCUT2D eigenvalue weighted by Gasteiger charge is 2.47. The van der Waals surface area contributed by atoms with E-state index in [1.165, 1.54) is 21.7 Å². The van der Waals surface area contributed by atoms with Crippen LogP contribution in [0.15, 0.2) is 75.2 Å². The number of amides is 1. The minimum atomic E-state index is -0.983. The van der Waals surface area contributed by atoms with Crippen LogP contribution in [0.2, 0.25) is 5.02 Å². The number of rotatable bonds is 5. The largest absolute Gasteiger partial charge is 0.503 e.